The van der Waals surface area contributed by atoms with Crippen molar-refractivity contribution in [2.45, 2.75) is 6.92 Å². The lowest BCUT2D eigenvalue weighted by Gasteiger charge is -2.09. The molecule has 0 aliphatic carbocycles. The van der Waals surface area contributed by atoms with Crippen molar-refractivity contribution in [3.05, 3.63) is 52.0 Å². The molecule has 3 N–H and O–H groups in total. The van der Waals surface area contributed by atoms with Crippen LogP contribution in [0.5, 0.6) is 17.2 Å². The van der Waals surface area contributed by atoms with Gasteiger partial charge in [-0.15, -0.1) is 0 Å². The van der Waals surface area contributed by atoms with Crippen LogP contribution in [-0.2, 0) is 0 Å². The maximum Gasteiger partial charge on any atom is 0.249 e. The van der Waals surface area contributed by atoms with Crippen molar-refractivity contribution in [3.63, 3.8) is 0 Å². The Labute approximate surface area is 118 Å². The maximum absolute atomic E-state index is 11.1. The number of halogens is 1. The minimum absolute atomic E-state index is 0.142. The molecule has 1 amide bonds. The van der Waals surface area contributed by atoms with Crippen LogP contribution in [0.25, 0.3) is 0 Å². The predicted molar refractivity (Wildman–Crippen MR) is 75.6 cm³/mol. The fourth-order valence-corrected chi connectivity index (χ4v) is 2.24. The van der Waals surface area contributed by atoms with Crippen molar-refractivity contribution in [1.29, 1.82) is 0 Å². The van der Waals surface area contributed by atoms with Gasteiger partial charge in [0.2, 0.25) is 5.91 Å². The summed E-state index contributed by atoms with van der Waals surface area (Å²) in [6.45, 7) is 1.86. The molecule has 0 aliphatic heterocycles. The number of phenolic OH excluding ortho intramolecular Hbond substituents is 1. The highest BCUT2D eigenvalue weighted by molar-refractivity contribution is 9.10. The molecule has 0 saturated carbocycles. The van der Waals surface area contributed by atoms with Gasteiger partial charge in [0.15, 0.2) is 0 Å². The highest BCUT2D eigenvalue weighted by atomic mass is 79.9. The van der Waals surface area contributed by atoms with Crippen molar-refractivity contribution in [2.24, 2.45) is 5.73 Å². The quantitative estimate of drug-likeness (QED) is 0.910. The van der Waals surface area contributed by atoms with Crippen molar-refractivity contribution < 1.29 is 14.6 Å². The summed E-state index contributed by atoms with van der Waals surface area (Å²) in [4.78, 5) is 11.1. The number of rotatable bonds is 3. The van der Waals surface area contributed by atoms with E-state index in [1.54, 1.807) is 30.3 Å². The molecule has 0 fully saturated rings. The Morgan fingerprint density at radius 2 is 1.95 bits per heavy atom. The first-order chi connectivity index (χ1) is 8.95. The first kappa shape index (κ1) is 13.4. The number of amides is 1. The van der Waals surface area contributed by atoms with Crippen LogP contribution in [0.3, 0.4) is 0 Å². The first-order valence-electron chi connectivity index (χ1n) is 5.53. The average molecular weight is 322 g/mol. The molecule has 98 valence electrons. The Hall–Kier alpha value is -2.01. The van der Waals surface area contributed by atoms with Crippen molar-refractivity contribution in [1.82, 2.24) is 0 Å². The summed E-state index contributed by atoms with van der Waals surface area (Å²) in [7, 11) is 0. The molecule has 19 heavy (non-hydrogen) atoms. The number of carbonyl (C=O) groups excluding carboxylic acids is 1. The topological polar surface area (TPSA) is 72.6 Å². The largest absolute Gasteiger partial charge is 0.508 e. The van der Waals surface area contributed by atoms with Gasteiger partial charge in [0.1, 0.15) is 17.2 Å². The molecule has 4 nitrogen and oxygen atoms in total. The summed E-state index contributed by atoms with van der Waals surface area (Å²) < 4.78 is 6.18. The van der Waals surface area contributed by atoms with Gasteiger partial charge in [-0.2, -0.15) is 0 Å². The van der Waals surface area contributed by atoms with Crippen LogP contribution >= 0.6 is 15.9 Å². The Morgan fingerprint density at radius 3 is 2.53 bits per heavy atom. The maximum atomic E-state index is 11.1. The second-order valence-electron chi connectivity index (χ2n) is 4.11. The van der Waals surface area contributed by atoms with Crippen molar-refractivity contribution in [2.75, 3.05) is 0 Å². The molecule has 0 bridgehead atoms. The standard InChI is InChI=1S/C14H12BrNO3/c1-8-4-9(17)6-11(5-8)19-10-2-3-12(14(16)18)13(15)7-10/h2-7,17H,1H3,(H2,16,18). The van der Waals surface area contributed by atoms with Crippen LogP contribution < -0.4 is 10.5 Å². The van der Waals surface area contributed by atoms with Gasteiger partial charge in [0.05, 0.1) is 5.56 Å². The van der Waals surface area contributed by atoms with E-state index in [1.807, 2.05) is 6.92 Å². The summed E-state index contributed by atoms with van der Waals surface area (Å²) in [6.07, 6.45) is 0. The molecule has 5 heteroatoms. The van der Waals surface area contributed by atoms with Crippen LogP contribution in [0.2, 0.25) is 0 Å². The van der Waals surface area contributed by atoms with Gasteiger partial charge in [-0.05, 0) is 58.7 Å². The van der Waals surface area contributed by atoms with E-state index in [4.69, 9.17) is 10.5 Å². The summed E-state index contributed by atoms with van der Waals surface area (Å²) in [6, 6.07) is 9.83. The van der Waals surface area contributed by atoms with E-state index in [2.05, 4.69) is 15.9 Å². The van der Waals surface area contributed by atoms with Gasteiger partial charge >= 0.3 is 0 Å². The van der Waals surface area contributed by atoms with Gasteiger partial charge in [0, 0.05) is 10.5 Å². The zero-order valence-electron chi connectivity index (χ0n) is 10.2. The molecule has 0 aliphatic rings. The van der Waals surface area contributed by atoms with E-state index >= 15 is 0 Å². The SMILES string of the molecule is Cc1cc(O)cc(Oc2ccc(C(N)=O)c(Br)c2)c1. The fraction of sp³-hybridized carbons (Fsp3) is 0.0714. The minimum atomic E-state index is -0.508. The second-order valence-corrected chi connectivity index (χ2v) is 4.97. The molecule has 2 aromatic rings. The first-order valence-corrected chi connectivity index (χ1v) is 6.33. The third kappa shape index (κ3) is 3.26. The monoisotopic (exact) mass is 321 g/mol. The number of hydrogen-bond acceptors (Lipinski definition) is 3. The predicted octanol–water partition coefficient (Wildman–Crippen LogP) is 3.35. The Balaban J connectivity index is 2.28. The number of ether oxygens (including phenoxy) is 1. The van der Waals surface area contributed by atoms with Crippen molar-refractivity contribution in [3.8, 4) is 17.2 Å². The van der Waals surface area contributed by atoms with E-state index in [1.165, 1.54) is 6.07 Å². The summed E-state index contributed by atoms with van der Waals surface area (Å²) >= 11 is 3.26. The number of benzene rings is 2. The lowest BCUT2D eigenvalue weighted by molar-refractivity contribution is 0.0999. The lowest BCUT2D eigenvalue weighted by atomic mass is 10.2. The average Bonchev–Trinajstić information content (AvgIpc) is 2.26. The van der Waals surface area contributed by atoms with Gasteiger partial charge in [0.25, 0.3) is 0 Å². The molecule has 0 aromatic heterocycles. The van der Waals surface area contributed by atoms with E-state index in [0.717, 1.165) is 5.56 Å². The normalized spacial score (nSPS) is 10.2. The molecule has 2 aromatic carbocycles. The Bertz CT molecular complexity index is 620. The minimum Gasteiger partial charge on any atom is -0.508 e. The Morgan fingerprint density at radius 1 is 1.21 bits per heavy atom. The highest BCUT2D eigenvalue weighted by Crippen LogP contribution is 2.29. The molecule has 0 radical (unpaired) electrons. The molecule has 0 saturated heterocycles. The van der Waals surface area contributed by atoms with Crippen LogP contribution in [-0.4, -0.2) is 11.0 Å². The molecular formula is C14H12BrNO3. The number of hydrogen-bond donors (Lipinski definition) is 2. The summed E-state index contributed by atoms with van der Waals surface area (Å²) in [5.74, 6) is 0.701. The third-order valence-electron chi connectivity index (χ3n) is 2.48. The number of aryl methyl sites for hydroxylation is 1. The molecule has 0 atom stereocenters. The zero-order chi connectivity index (χ0) is 14.0. The molecule has 0 unspecified atom stereocenters. The van der Waals surface area contributed by atoms with Crippen LogP contribution in [0.1, 0.15) is 15.9 Å². The van der Waals surface area contributed by atoms with Crippen LogP contribution in [0, 0.1) is 6.92 Å². The number of nitrogens with two attached hydrogens (primary N) is 1. The summed E-state index contributed by atoms with van der Waals surface area (Å²) in [5, 5.41) is 9.49. The number of primary amides is 1. The van der Waals surface area contributed by atoms with Gasteiger partial charge in [-0.3, -0.25) is 4.79 Å². The van der Waals surface area contributed by atoms with Gasteiger partial charge in [-0.25, -0.2) is 0 Å². The molecule has 0 heterocycles. The fourth-order valence-electron chi connectivity index (χ4n) is 1.68. The van der Waals surface area contributed by atoms with Gasteiger partial charge < -0.3 is 15.6 Å². The summed E-state index contributed by atoms with van der Waals surface area (Å²) in [5.41, 5.74) is 6.49. The van der Waals surface area contributed by atoms with Gasteiger partial charge in [-0.1, -0.05) is 0 Å². The smallest absolute Gasteiger partial charge is 0.249 e. The van der Waals surface area contributed by atoms with Crippen molar-refractivity contribution >= 4 is 21.8 Å². The molecule has 2 rings (SSSR count). The zero-order valence-corrected chi connectivity index (χ0v) is 11.8. The Kier molecular flexibility index (Phi) is 3.76. The molecule has 0 spiro atoms. The lowest BCUT2D eigenvalue weighted by Crippen LogP contribution is -2.11. The van der Waals surface area contributed by atoms with E-state index in [0.29, 0.717) is 21.5 Å². The van der Waals surface area contributed by atoms with Crippen LogP contribution in [0.15, 0.2) is 40.9 Å². The number of carbonyl (C=O) groups is 1. The van der Waals surface area contributed by atoms with E-state index < -0.39 is 5.91 Å². The van der Waals surface area contributed by atoms with E-state index in [9.17, 15) is 9.90 Å². The molecular weight excluding hydrogens is 310 g/mol. The highest BCUT2D eigenvalue weighted by Gasteiger charge is 2.08. The number of aromatic hydroxyl groups is 1. The van der Waals surface area contributed by atoms with Crippen LogP contribution in [0.4, 0.5) is 0 Å². The third-order valence-corrected chi connectivity index (χ3v) is 3.13. The van der Waals surface area contributed by atoms with E-state index in [-0.39, 0.29) is 5.75 Å². The number of phenols is 1. The second kappa shape index (κ2) is 5.32.